The highest BCUT2D eigenvalue weighted by Crippen LogP contribution is 2.33. The van der Waals surface area contributed by atoms with E-state index in [2.05, 4.69) is 0 Å². The number of amides is 1. The van der Waals surface area contributed by atoms with Crippen LogP contribution in [0.15, 0.2) is 77.7 Å². The molecule has 6 nitrogen and oxygen atoms in total. The maximum Gasteiger partial charge on any atom is 0.264 e. The van der Waals surface area contributed by atoms with E-state index in [4.69, 9.17) is 4.74 Å². The van der Waals surface area contributed by atoms with Gasteiger partial charge in [0.2, 0.25) is 5.91 Å². The predicted molar refractivity (Wildman–Crippen MR) is 130 cm³/mol. The molecule has 0 saturated heterocycles. The van der Waals surface area contributed by atoms with Crippen LogP contribution in [0, 0.1) is 6.92 Å². The van der Waals surface area contributed by atoms with E-state index in [0.717, 1.165) is 23.2 Å². The summed E-state index contributed by atoms with van der Waals surface area (Å²) < 4.78 is 34.0. The van der Waals surface area contributed by atoms with Crippen molar-refractivity contribution in [2.24, 2.45) is 0 Å². The smallest absolute Gasteiger partial charge is 0.264 e. The Labute approximate surface area is 195 Å². The summed E-state index contributed by atoms with van der Waals surface area (Å²) in [7, 11) is -3.99. The maximum atomic E-state index is 13.7. The summed E-state index contributed by atoms with van der Waals surface area (Å²) in [5, 5.41) is 0. The van der Waals surface area contributed by atoms with Gasteiger partial charge in [-0.15, -0.1) is 0 Å². The summed E-state index contributed by atoms with van der Waals surface area (Å²) in [4.78, 5) is 15.3. The number of hydrogen-bond donors (Lipinski definition) is 0. The van der Waals surface area contributed by atoms with Gasteiger partial charge in [-0.3, -0.25) is 9.10 Å². The summed E-state index contributed by atoms with van der Waals surface area (Å²) in [5.74, 6) is 0.333. The number of hydrogen-bond acceptors (Lipinski definition) is 4. The fourth-order valence-electron chi connectivity index (χ4n) is 4.17. The third kappa shape index (κ3) is 4.59. The summed E-state index contributed by atoms with van der Waals surface area (Å²) >= 11 is 0. The lowest BCUT2D eigenvalue weighted by Crippen LogP contribution is -2.45. The SMILES string of the molecule is CCOc1ccc(S(=O)(=O)N(CC(=O)N2c3ccccc3C[C@H]2C)c2ccc(C)cc2)cc1. The minimum atomic E-state index is -3.99. The van der Waals surface area contributed by atoms with Crippen LogP contribution in [-0.4, -0.2) is 33.5 Å². The van der Waals surface area contributed by atoms with E-state index in [1.807, 2.05) is 57.2 Å². The number of aryl methyl sites for hydroxylation is 1. The van der Waals surface area contributed by atoms with Crippen molar-refractivity contribution < 1.29 is 17.9 Å². The molecule has 0 aromatic heterocycles. The molecule has 1 heterocycles. The molecule has 0 aliphatic carbocycles. The van der Waals surface area contributed by atoms with E-state index < -0.39 is 10.0 Å². The van der Waals surface area contributed by atoms with Gasteiger partial charge in [0, 0.05) is 11.7 Å². The number of benzene rings is 3. The molecule has 3 aromatic rings. The highest BCUT2D eigenvalue weighted by atomic mass is 32.2. The minimum Gasteiger partial charge on any atom is -0.494 e. The van der Waals surface area contributed by atoms with Crippen LogP contribution in [0.25, 0.3) is 0 Å². The molecule has 0 unspecified atom stereocenters. The highest BCUT2D eigenvalue weighted by molar-refractivity contribution is 7.92. The van der Waals surface area contributed by atoms with E-state index in [1.165, 1.54) is 16.4 Å². The summed E-state index contributed by atoms with van der Waals surface area (Å²) in [5.41, 5.74) is 3.39. The molecule has 7 heteroatoms. The molecule has 1 aliphatic rings. The number of sulfonamides is 1. The number of rotatable bonds is 7. The summed E-state index contributed by atoms with van der Waals surface area (Å²) in [6, 6.07) is 21.2. The number of fused-ring (bicyclic) bond motifs is 1. The molecule has 0 radical (unpaired) electrons. The molecule has 0 spiro atoms. The third-order valence-corrected chi connectivity index (χ3v) is 7.59. The van der Waals surface area contributed by atoms with Gasteiger partial charge in [0.25, 0.3) is 10.0 Å². The van der Waals surface area contributed by atoms with Gasteiger partial charge in [0.1, 0.15) is 12.3 Å². The number of carbonyl (C=O) groups excluding carboxylic acids is 1. The van der Waals surface area contributed by atoms with Crippen LogP contribution in [-0.2, 0) is 21.2 Å². The standard InChI is InChI=1S/C26H28N2O4S/c1-4-32-23-13-15-24(16-14-23)33(30,31)27(22-11-9-19(2)10-12-22)18-26(29)28-20(3)17-21-7-5-6-8-25(21)28/h5-16,20H,4,17-18H2,1-3H3/t20-/m1/s1. The average molecular weight is 465 g/mol. The second-order valence-corrected chi connectivity index (χ2v) is 10.1. The Bertz CT molecular complexity index is 1240. The first kappa shape index (κ1) is 22.9. The minimum absolute atomic E-state index is 0.0389. The van der Waals surface area contributed by atoms with Crippen LogP contribution in [0.1, 0.15) is 25.0 Å². The van der Waals surface area contributed by atoms with Crippen molar-refractivity contribution >= 4 is 27.3 Å². The molecular weight excluding hydrogens is 436 g/mol. The fourth-order valence-corrected chi connectivity index (χ4v) is 5.59. The van der Waals surface area contributed by atoms with Gasteiger partial charge in [-0.2, -0.15) is 0 Å². The second-order valence-electron chi connectivity index (χ2n) is 8.20. The molecule has 0 saturated carbocycles. The van der Waals surface area contributed by atoms with E-state index in [1.54, 1.807) is 29.2 Å². The Morgan fingerprint density at radius 3 is 2.36 bits per heavy atom. The van der Waals surface area contributed by atoms with Crippen molar-refractivity contribution in [2.75, 3.05) is 22.4 Å². The van der Waals surface area contributed by atoms with E-state index >= 15 is 0 Å². The van der Waals surface area contributed by atoms with Crippen molar-refractivity contribution in [1.29, 1.82) is 0 Å². The molecule has 4 rings (SSSR count). The third-order valence-electron chi connectivity index (χ3n) is 5.80. The Kier molecular flexibility index (Phi) is 6.42. The lowest BCUT2D eigenvalue weighted by atomic mass is 10.1. The highest BCUT2D eigenvalue weighted by Gasteiger charge is 2.34. The van der Waals surface area contributed by atoms with Gasteiger partial charge >= 0.3 is 0 Å². The number of carbonyl (C=O) groups is 1. The van der Waals surface area contributed by atoms with Gasteiger partial charge in [0.05, 0.1) is 17.2 Å². The number of anilines is 2. The molecule has 172 valence electrons. The first-order valence-electron chi connectivity index (χ1n) is 11.0. The second kappa shape index (κ2) is 9.27. The summed E-state index contributed by atoms with van der Waals surface area (Å²) in [6.07, 6.45) is 0.748. The molecule has 33 heavy (non-hydrogen) atoms. The molecule has 0 N–H and O–H groups in total. The van der Waals surface area contributed by atoms with Crippen molar-refractivity contribution in [3.63, 3.8) is 0 Å². The average Bonchev–Trinajstić information content (AvgIpc) is 3.14. The number of ether oxygens (including phenoxy) is 1. The van der Waals surface area contributed by atoms with Crippen LogP contribution in [0.2, 0.25) is 0 Å². The Morgan fingerprint density at radius 1 is 1.03 bits per heavy atom. The zero-order chi connectivity index (χ0) is 23.6. The molecule has 1 atom stereocenters. The Balaban J connectivity index is 1.70. The predicted octanol–water partition coefficient (Wildman–Crippen LogP) is 4.57. The molecule has 0 fully saturated rings. The lowest BCUT2D eigenvalue weighted by Gasteiger charge is -2.29. The lowest BCUT2D eigenvalue weighted by molar-refractivity contribution is -0.117. The van der Waals surface area contributed by atoms with Crippen LogP contribution in [0.5, 0.6) is 5.75 Å². The van der Waals surface area contributed by atoms with Gasteiger partial charge < -0.3 is 9.64 Å². The summed E-state index contributed by atoms with van der Waals surface area (Å²) in [6.45, 7) is 5.98. The first-order valence-corrected chi connectivity index (χ1v) is 12.5. The van der Waals surface area contributed by atoms with Crippen LogP contribution in [0.4, 0.5) is 11.4 Å². The topological polar surface area (TPSA) is 66.9 Å². The Morgan fingerprint density at radius 2 is 1.70 bits per heavy atom. The van der Waals surface area contributed by atoms with E-state index in [-0.39, 0.29) is 23.4 Å². The molecular formula is C26H28N2O4S. The van der Waals surface area contributed by atoms with Gasteiger partial charge in [-0.1, -0.05) is 35.9 Å². The van der Waals surface area contributed by atoms with Crippen LogP contribution < -0.4 is 13.9 Å². The van der Waals surface area contributed by atoms with Crippen molar-refractivity contribution in [3.05, 3.63) is 83.9 Å². The van der Waals surface area contributed by atoms with Crippen molar-refractivity contribution in [2.45, 2.75) is 38.1 Å². The zero-order valence-electron chi connectivity index (χ0n) is 19.1. The van der Waals surface area contributed by atoms with Crippen molar-refractivity contribution in [3.8, 4) is 5.75 Å². The zero-order valence-corrected chi connectivity index (χ0v) is 19.9. The number of para-hydroxylation sites is 1. The molecule has 1 amide bonds. The van der Waals surface area contributed by atoms with Gasteiger partial charge in [-0.05, 0) is 75.2 Å². The number of nitrogens with zero attached hydrogens (tertiary/aromatic N) is 2. The van der Waals surface area contributed by atoms with Gasteiger partial charge in [-0.25, -0.2) is 8.42 Å². The van der Waals surface area contributed by atoms with E-state index in [0.29, 0.717) is 18.0 Å². The molecule has 3 aromatic carbocycles. The quantitative estimate of drug-likeness (QED) is 0.514. The van der Waals surface area contributed by atoms with Crippen LogP contribution in [0.3, 0.4) is 0 Å². The normalized spacial score (nSPS) is 15.2. The molecule has 0 bridgehead atoms. The first-order chi connectivity index (χ1) is 15.8. The van der Waals surface area contributed by atoms with E-state index in [9.17, 15) is 13.2 Å². The fraction of sp³-hybridized carbons (Fsp3) is 0.269. The largest absolute Gasteiger partial charge is 0.494 e. The monoisotopic (exact) mass is 464 g/mol. The van der Waals surface area contributed by atoms with Crippen molar-refractivity contribution in [1.82, 2.24) is 0 Å². The Hall–Kier alpha value is -3.32. The maximum absolute atomic E-state index is 13.7. The van der Waals surface area contributed by atoms with Crippen LogP contribution >= 0.6 is 0 Å². The van der Waals surface area contributed by atoms with Gasteiger partial charge in [0.15, 0.2) is 0 Å². The molecule has 1 aliphatic heterocycles.